The molecule has 0 radical (unpaired) electrons. The monoisotopic (exact) mass is 300 g/mol. The van der Waals surface area contributed by atoms with Gasteiger partial charge < -0.3 is 10.2 Å². The van der Waals surface area contributed by atoms with Gasteiger partial charge in [0.25, 0.3) is 0 Å². The number of para-hydroxylation sites is 1. The Kier molecular flexibility index (Phi) is 4.61. The summed E-state index contributed by atoms with van der Waals surface area (Å²) in [6.45, 7) is 7.71. The van der Waals surface area contributed by atoms with Crippen molar-refractivity contribution in [3.63, 3.8) is 0 Å². The fourth-order valence-corrected chi connectivity index (χ4v) is 3.69. The zero-order chi connectivity index (χ0) is 14.7. The van der Waals surface area contributed by atoms with E-state index in [0.717, 1.165) is 19.6 Å². The maximum atomic E-state index is 3.76. The van der Waals surface area contributed by atoms with Gasteiger partial charge in [-0.1, -0.05) is 38.5 Å². The maximum absolute atomic E-state index is 3.76. The molecule has 0 aliphatic carbocycles. The van der Waals surface area contributed by atoms with E-state index in [0.29, 0.717) is 12.0 Å². The molecule has 1 aliphatic rings. The van der Waals surface area contributed by atoms with E-state index in [9.17, 15) is 0 Å². The van der Waals surface area contributed by atoms with Gasteiger partial charge in [-0.2, -0.15) is 11.3 Å². The summed E-state index contributed by atoms with van der Waals surface area (Å²) < 4.78 is 0. The fraction of sp³-hybridized carbons (Fsp3) is 0.444. The molecule has 2 heterocycles. The van der Waals surface area contributed by atoms with Crippen LogP contribution in [0.25, 0.3) is 0 Å². The van der Waals surface area contributed by atoms with Crippen LogP contribution in [-0.4, -0.2) is 12.6 Å². The Morgan fingerprint density at radius 1 is 1.33 bits per heavy atom. The summed E-state index contributed by atoms with van der Waals surface area (Å²) >= 11 is 1.78. The lowest BCUT2D eigenvalue weighted by molar-refractivity contribution is 0.370. The molecule has 2 nitrogen and oxygen atoms in total. The first kappa shape index (κ1) is 14.6. The molecule has 1 N–H and O–H groups in total. The van der Waals surface area contributed by atoms with Gasteiger partial charge in [-0.05, 0) is 39.9 Å². The Balaban J connectivity index is 1.88. The summed E-state index contributed by atoms with van der Waals surface area (Å²) in [7, 11) is 0. The van der Waals surface area contributed by atoms with Gasteiger partial charge in [-0.3, -0.25) is 0 Å². The largest absolute Gasteiger partial charge is 0.365 e. The van der Waals surface area contributed by atoms with Gasteiger partial charge in [0.1, 0.15) is 0 Å². The van der Waals surface area contributed by atoms with Gasteiger partial charge in [0.05, 0.1) is 0 Å². The first-order valence-corrected chi connectivity index (χ1v) is 8.79. The van der Waals surface area contributed by atoms with Gasteiger partial charge in [0.15, 0.2) is 0 Å². The van der Waals surface area contributed by atoms with Crippen molar-refractivity contribution in [2.75, 3.05) is 11.4 Å². The molecule has 2 aromatic rings. The average Bonchev–Trinajstić information content (AvgIpc) is 2.95. The molecule has 0 saturated carbocycles. The fourth-order valence-electron chi connectivity index (χ4n) is 3.03. The Hall–Kier alpha value is -1.32. The Morgan fingerprint density at radius 2 is 2.19 bits per heavy atom. The molecule has 0 amide bonds. The predicted molar refractivity (Wildman–Crippen MR) is 91.9 cm³/mol. The van der Waals surface area contributed by atoms with E-state index < -0.39 is 0 Å². The van der Waals surface area contributed by atoms with Crippen LogP contribution in [0.4, 0.5) is 5.69 Å². The third-order valence-electron chi connectivity index (χ3n) is 4.59. The van der Waals surface area contributed by atoms with Crippen LogP contribution in [0.2, 0.25) is 0 Å². The Bertz CT molecular complexity index is 564. The second-order valence-corrected chi connectivity index (χ2v) is 6.79. The summed E-state index contributed by atoms with van der Waals surface area (Å²) in [6.07, 6.45) is 1.22. The molecule has 1 aromatic carbocycles. The number of hydrogen-bond donors (Lipinski definition) is 1. The number of anilines is 1. The van der Waals surface area contributed by atoms with E-state index >= 15 is 0 Å². The molecule has 0 saturated heterocycles. The number of nitrogens with one attached hydrogen (secondary N) is 1. The van der Waals surface area contributed by atoms with Gasteiger partial charge in [-0.15, -0.1) is 0 Å². The summed E-state index contributed by atoms with van der Waals surface area (Å²) in [4.78, 5) is 2.55. The molecule has 3 rings (SSSR count). The number of hydrogen-bond acceptors (Lipinski definition) is 3. The number of nitrogens with zero attached hydrogens (tertiary/aromatic N) is 1. The molecule has 112 valence electrons. The first-order valence-electron chi connectivity index (χ1n) is 7.85. The van der Waals surface area contributed by atoms with Crippen LogP contribution in [0.15, 0.2) is 41.1 Å². The van der Waals surface area contributed by atoms with Crippen molar-refractivity contribution in [2.45, 2.75) is 39.4 Å². The van der Waals surface area contributed by atoms with Crippen LogP contribution in [0.5, 0.6) is 0 Å². The Labute approximate surface area is 131 Å². The van der Waals surface area contributed by atoms with E-state index in [1.807, 2.05) is 0 Å². The highest BCUT2D eigenvalue weighted by Crippen LogP contribution is 2.27. The summed E-state index contributed by atoms with van der Waals surface area (Å²) in [5, 5.41) is 8.19. The zero-order valence-electron chi connectivity index (χ0n) is 12.9. The highest BCUT2D eigenvalue weighted by molar-refractivity contribution is 7.07. The van der Waals surface area contributed by atoms with Crippen LogP contribution in [-0.2, 0) is 13.1 Å². The lowest BCUT2D eigenvalue weighted by atomic mass is 9.99. The number of fused-ring (bicyclic) bond motifs is 1. The summed E-state index contributed by atoms with van der Waals surface area (Å²) in [5.74, 6) is 0.698. The van der Waals surface area contributed by atoms with E-state index in [1.165, 1.54) is 23.2 Å². The smallest absolute Gasteiger partial charge is 0.0438 e. The SMILES string of the molecule is CCC(C)C1CN(Cc2ccsc2)c2ccccc2CN1. The predicted octanol–water partition coefficient (Wildman–Crippen LogP) is 4.27. The third-order valence-corrected chi connectivity index (χ3v) is 5.32. The molecule has 3 heteroatoms. The third kappa shape index (κ3) is 3.30. The van der Waals surface area contributed by atoms with Crippen LogP contribution in [0.3, 0.4) is 0 Å². The van der Waals surface area contributed by atoms with E-state index in [1.54, 1.807) is 11.3 Å². The lowest BCUT2D eigenvalue weighted by Crippen LogP contribution is -2.42. The molecular formula is C18H24N2S. The molecule has 0 spiro atoms. The minimum absolute atomic E-state index is 0.557. The molecule has 1 aromatic heterocycles. The van der Waals surface area contributed by atoms with Crippen LogP contribution >= 0.6 is 11.3 Å². The van der Waals surface area contributed by atoms with Crippen molar-refractivity contribution in [3.8, 4) is 0 Å². The van der Waals surface area contributed by atoms with Crippen molar-refractivity contribution < 1.29 is 0 Å². The van der Waals surface area contributed by atoms with E-state index in [4.69, 9.17) is 0 Å². The van der Waals surface area contributed by atoms with Crippen LogP contribution in [0, 0.1) is 5.92 Å². The number of rotatable bonds is 4. The minimum atomic E-state index is 0.557. The normalized spacial score (nSPS) is 19.9. The quantitative estimate of drug-likeness (QED) is 0.907. The maximum Gasteiger partial charge on any atom is 0.0438 e. The van der Waals surface area contributed by atoms with Crippen LogP contribution in [0.1, 0.15) is 31.4 Å². The number of benzene rings is 1. The van der Waals surface area contributed by atoms with Gasteiger partial charge in [0, 0.05) is 31.4 Å². The highest BCUT2D eigenvalue weighted by atomic mass is 32.1. The van der Waals surface area contributed by atoms with E-state index in [2.05, 4.69) is 65.2 Å². The van der Waals surface area contributed by atoms with Crippen molar-refractivity contribution >= 4 is 17.0 Å². The molecule has 2 atom stereocenters. The van der Waals surface area contributed by atoms with E-state index in [-0.39, 0.29) is 0 Å². The summed E-state index contributed by atoms with van der Waals surface area (Å²) in [5.41, 5.74) is 4.22. The summed E-state index contributed by atoms with van der Waals surface area (Å²) in [6, 6.07) is 11.6. The lowest BCUT2D eigenvalue weighted by Gasteiger charge is -2.30. The van der Waals surface area contributed by atoms with Crippen molar-refractivity contribution in [2.24, 2.45) is 5.92 Å². The van der Waals surface area contributed by atoms with Crippen molar-refractivity contribution in [1.29, 1.82) is 0 Å². The molecule has 0 fully saturated rings. The Morgan fingerprint density at radius 3 is 2.95 bits per heavy atom. The molecule has 2 unspecified atom stereocenters. The second-order valence-electron chi connectivity index (χ2n) is 6.01. The molecular weight excluding hydrogens is 276 g/mol. The van der Waals surface area contributed by atoms with Crippen molar-refractivity contribution in [3.05, 3.63) is 52.2 Å². The minimum Gasteiger partial charge on any atom is -0.365 e. The molecule has 1 aliphatic heterocycles. The zero-order valence-corrected chi connectivity index (χ0v) is 13.7. The van der Waals surface area contributed by atoms with Gasteiger partial charge >= 0.3 is 0 Å². The topological polar surface area (TPSA) is 15.3 Å². The molecule has 0 bridgehead atoms. The standard InChI is InChI=1S/C18H24N2S/c1-3-14(2)17-12-20(11-15-8-9-21-13-15)18-7-5-4-6-16(18)10-19-17/h4-9,13-14,17,19H,3,10-12H2,1-2H3. The number of thiophene rings is 1. The highest BCUT2D eigenvalue weighted by Gasteiger charge is 2.24. The van der Waals surface area contributed by atoms with Crippen LogP contribution < -0.4 is 10.2 Å². The first-order chi connectivity index (χ1) is 10.3. The second kappa shape index (κ2) is 6.63. The van der Waals surface area contributed by atoms with Crippen molar-refractivity contribution in [1.82, 2.24) is 5.32 Å². The van der Waals surface area contributed by atoms with Gasteiger partial charge in [0.2, 0.25) is 0 Å². The molecule has 21 heavy (non-hydrogen) atoms. The van der Waals surface area contributed by atoms with Gasteiger partial charge in [-0.25, -0.2) is 0 Å². The average molecular weight is 300 g/mol.